The molecule has 5 rings (SSSR count). The number of carbonyl (C=O) groups excluding carboxylic acids is 2. The monoisotopic (exact) mass is 657 g/mol. The number of esters is 1. The predicted octanol–water partition coefficient (Wildman–Crippen LogP) is 8.11. The average molecular weight is 658 g/mol. The first-order valence-corrected chi connectivity index (χ1v) is 16.8. The number of fused-ring (bicyclic) bond motifs is 2. The summed E-state index contributed by atoms with van der Waals surface area (Å²) in [5.74, 6) is -1.41. The van der Waals surface area contributed by atoms with Crippen LogP contribution in [0.25, 0.3) is 17.2 Å². The average Bonchev–Trinajstić information content (AvgIpc) is 3.16. The number of pyridine rings is 1. The maximum atomic E-state index is 14.2. The number of halogens is 1. The third-order valence-corrected chi connectivity index (χ3v) is 8.49. The molecule has 1 fully saturated rings. The molecule has 1 aromatic heterocycles. The number of hydrogen-bond donors (Lipinski definition) is 2. The molecule has 0 saturated carbocycles. The standard InChI is InChI=1S/C39H48FN3O5/c1-23(2)36-31(17-16-29-21-30(47-39(6,7)46-29)22-34(44)48-38(3,4)5)35(25-9-13-27(40)14-10-25)32-20-26-19-28(42-37(45)41-8)15-11-24(26)12-18-33(32)43-36/h9-11,13-17,19,23,29-30H,12,18,20-22H2,1-8H3,(H2,41,42,45)/b17-16+/t29-,30-/m1/s1. The van der Waals surface area contributed by atoms with Crippen LogP contribution in [-0.2, 0) is 38.3 Å². The summed E-state index contributed by atoms with van der Waals surface area (Å²) in [6.45, 7) is 13.5. The van der Waals surface area contributed by atoms with Crippen LogP contribution >= 0.6 is 0 Å². The molecule has 2 heterocycles. The van der Waals surface area contributed by atoms with Gasteiger partial charge in [-0.3, -0.25) is 9.78 Å². The molecule has 8 nitrogen and oxygen atoms in total. The first kappa shape index (κ1) is 35.2. The van der Waals surface area contributed by atoms with E-state index in [0.717, 1.165) is 52.0 Å². The molecule has 0 spiro atoms. The molecule has 1 aliphatic carbocycles. The number of carbonyl (C=O) groups is 2. The lowest BCUT2D eigenvalue weighted by atomic mass is 9.86. The molecule has 2 aromatic carbocycles. The van der Waals surface area contributed by atoms with Gasteiger partial charge in [0.15, 0.2) is 5.79 Å². The van der Waals surface area contributed by atoms with Crippen molar-refractivity contribution < 1.29 is 28.2 Å². The zero-order valence-corrected chi connectivity index (χ0v) is 29.3. The molecular formula is C39H48FN3O5. The summed E-state index contributed by atoms with van der Waals surface area (Å²) in [6.07, 6.45) is 6.18. The van der Waals surface area contributed by atoms with Crippen LogP contribution < -0.4 is 10.6 Å². The number of aryl methyl sites for hydroxylation is 2. The Hall–Kier alpha value is -4.08. The first-order valence-electron chi connectivity index (χ1n) is 16.8. The lowest BCUT2D eigenvalue weighted by Crippen LogP contribution is -2.45. The third kappa shape index (κ3) is 8.68. The Balaban J connectivity index is 1.58. The van der Waals surface area contributed by atoms with Gasteiger partial charge in [0.2, 0.25) is 0 Å². The van der Waals surface area contributed by atoms with Crippen molar-refractivity contribution in [3.8, 4) is 11.1 Å². The topological polar surface area (TPSA) is 98.8 Å². The molecule has 48 heavy (non-hydrogen) atoms. The van der Waals surface area contributed by atoms with E-state index in [0.29, 0.717) is 18.5 Å². The Kier molecular flexibility index (Phi) is 10.4. The van der Waals surface area contributed by atoms with E-state index in [2.05, 4.69) is 36.6 Å². The van der Waals surface area contributed by atoms with E-state index in [1.165, 1.54) is 17.7 Å². The van der Waals surface area contributed by atoms with Gasteiger partial charge in [0.1, 0.15) is 11.4 Å². The van der Waals surface area contributed by atoms with Gasteiger partial charge < -0.3 is 24.8 Å². The highest BCUT2D eigenvalue weighted by atomic mass is 19.1. The number of amides is 2. The van der Waals surface area contributed by atoms with Crippen molar-refractivity contribution in [3.63, 3.8) is 0 Å². The zero-order chi connectivity index (χ0) is 34.8. The van der Waals surface area contributed by atoms with Gasteiger partial charge in [-0.15, -0.1) is 0 Å². The molecule has 3 aromatic rings. The van der Waals surface area contributed by atoms with E-state index in [9.17, 15) is 14.0 Å². The quantitative estimate of drug-likeness (QED) is 0.249. The Morgan fingerprint density at radius 3 is 2.48 bits per heavy atom. The van der Waals surface area contributed by atoms with Crippen molar-refractivity contribution >= 4 is 23.8 Å². The van der Waals surface area contributed by atoms with Gasteiger partial charge in [-0.2, -0.15) is 0 Å². The van der Waals surface area contributed by atoms with Gasteiger partial charge >= 0.3 is 12.0 Å². The van der Waals surface area contributed by atoms with E-state index in [1.54, 1.807) is 7.05 Å². The van der Waals surface area contributed by atoms with Gasteiger partial charge in [-0.05, 0) is 105 Å². The van der Waals surface area contributed by atoms with Crippen LogP contribution in [0.15, 0.2) is 48.5 Å². The molecule has 1 saturated heterocycles. The second kappa shape index (κ2) is 14.2. The van der Waals surface area contributed by atoms with Crippen LogP contribution in [0, 0.1) is 5.82 Å². The van der Waals surface area contributed by atoms with E-state index < -0.39 is 11.4 Å². The van der Waals surface area contributed by atoms with Gasteiger partial charge in [-0.25, -0.2) is 9.18 Å². The lowest BCUT2D eigenvalue weighted by molar-refractivity contribution is -0.290. The maximum absolute atomic E-state index is 14.2. The fourth-order valence-electron chi connectivity index (χ4n) is 6.57. The number of urea groups is 1. The van der Waals surface area contributed by atoms with Crippen molar-refractivity contribution in [2.24, 2.45) is 0 Å². The first-order chi connectivity index (χ1) is 22.6. The summed E-state index contributed by atoms with van der Waals surface area (Å²) in [7, 11) is 1.59. The molecule has 0 bridgehead atoms. The van der Waals surface area contributed by atoms with E-state index in [-0.39, 0.29) is 42.4 Å². The molecule has 0 unspecified atom stereocenters. The molecular weight excluding hydrogens is 609 g/mol. The van der Waals surface area contributed by atoms with Crippen LogP contribution in [-0.4, -0.2) is 47.6 Å². The molecule has 256 valence electrons. The number of rotatable bonds is 7. The van der Waals surface area contributed by atoms with E-state index in [1.807, 2.05) is 65.0 Å². The summed E-state index contributed by atoms with van der Waals surface area (Å²) < 4.78 is 32.3. The van der Waals surface area contributed by atoms with Crippen molar-refractivity contribution in [1.82, 2.24) is 10.3 Å². The Morgan fingerprint density at radius 2 is 1.81 bits per heavy atom. The fraction of sp³-hybridized carbons (Fsp3) is 0.462. The summed E-state index contributed by atoms with van der Waals surface area (Å²) in [5.41, 5.74) is 8.37. The predicted molar refractivity (Wildman–Crippen MR) is 186 cm³/mol. The van der Waals surface area contributed by atoms with Crippen molar-refractivity contribution in [3.05, 3.63) is 88.0 Å². The Morgan fingerprint density at radius 1 is 1.08 bits per heavy atom. The van der Waals surface area contributed by atoms with Crippen LogP contribution in [0.2, 0.25) is 0 Å². The van der Waals surface area contributed by atoms with Crippen LogP contribution in [0.5, 0.6) is 0 Å². The van der Waals surface area contributed by atoms with Gasteiger partial charge in [-0.1, -0.05) is 44.2 Å². The summed E-state index contributed by atoms with van der Waals surface area (Å²) in [6, 6.07) is 12.4. The molecule has 9 heteroatoms. The number of aromatic nitrogens is 1. The third-order valence-electron chi connectivity index (χ3n) is 8.49. The minimum Gasteiger partial charge on any atom is -0.460 e. The zero-order valence-electron chi connectivity index (χ0n) is 29.3. The van der Waals surface area contributed by atoms with Crippen LogP contribution in [0.3, 0.4) is 0 Å². The van der Waals surface area contributed by atoms with Crippen LogP contribution in [0.1, 0.15) is 101 Å². The Bertz CT molecular complexity index is 1690. The number of hydrogen-bond acceptors (Lipinski definition) is 6. The smallest absolute Gasteiger partial charge is 0.318 e. The summed E-state index contributed by atoms with van der Waals surface area (Å²) in [5, 5.41) is 5.50. The highest BCUT2D eigenvalue weighted by Gasteiger charge is 2.36. The highest BCUT2D eigenvalue weighted by Crippen LogP contribution is 2.40. The highest BCUT2D eigenvalue weighted by molar-refractivity contribution is 5.89. The number of nitrogens with one attached hydrogen (secondary N) is 2. The van der Waals surface area contributed by atoms with E-state index in [4.69, 9.17) is 19.2 Å². The SMILES string of the molecule is CNC(=O)Nc1ccc2c(c1)Cc1c(nc(C(C)C)c(/C=C/[C@@H]3C[C@H](CC(=O)OC(C)(C)C)OC(C)(C)O3)c1-c1ccc(F)cc1)CC2. The van der Waals surface area contributed by atoms with Crippen molar-refractivity contribution in [2.45, 2.75) is 110 Å². The number of ether oxygens (including phenoxy) is 3. The number of anilines is 1. The lowest BCUT2D eigenvalue weighted by Gasteiger charge is -2.40. The fourth-order valence-corrected chi connectivity index (χ4v) is 6.57. The molecule has 1 aliphatic heterocycles. The number of benzene rings is 2. The van der Waals surface area contributed by atoms with Gasteiger partial charge in [0.25, 0.3) is 0 Å². The normalized spacial score (nSPS) is 19.0. The van der Waals surface area contributed by atoms with E-state index >= 15 is 0 Å². The largest absolute Gasteiger partial charge is 0.460 e. The van der Waals surface area contributed by atoms with Gasteiger partial charge in [0, 0.05) is 36.8 Å². The maximum Gasteiger partial charge on any atom is 0.318 e. The van der Waals surface area contributed by atoms with Crippen LogP contribution in [0.4, 0.5) is 14.9 Å². The minimum absolute atomic E-state index is 0.107. The molecule has 2 amide bonds. The Labute approximate surface area is 283 Å². The molecule has 0 radical (unpaired) electrons. The molecule has 2 atom stereocenters. The molecule has 2 N–H and O–H groups in total. The number of nitrogens with zero attached hydrogens (tertiary/aromatic N) is 1. The molecule has 2 aliphatic rings. The van der Waals surface area contributed by atoms with Crippen molar-refractivity contribution in [1.29, 1.82) is 0 Å². The summed E-state index contributed by atoms with van der Waals surface area (Å²) in [4.78, 5) is 30.1. The van der Waals surface area contributed by atoms with Gasteiger partial charge in [0.05, 0.1) is 24.3 Å². The second-order valence-corrected chi connectivity index (χ2v) is 14.4. The van der Waals surface area contributed by atoms with Crippen molar-refractivity contribution in [2.75, 3.05) is 12.4 Å². The minimum atomic E-state index is -0.906. The second-order valence-electron chi connectivity index (χ2n) is 14.4. The summed E-state index contributed by atoms with van der Waals surface area (Å²) >= 11 is 0.